The summed E-state index contributed by atoms with van der Waals surface area (Å²) in [5.74, 6) is 2.25. The summed E-state index contributed by atoms with van der Waals surface area (Å²) in [6, 6.07) is 5.40. The number of hydrogen-bond donors (Lipinski definition) is 0. The Hall–Kier alpha value is -1.00. The Labute approximate surface area is 158 Å². The molecule has 2 aliphatic rings. The number of thioether (sulfide) groups is 2. The van der Waals surface area contributed by atoms with Crippen LogP contribution in [0.5, 0.6) is 0 Å². The second kappa shape index (κ2) is 7.32. The predicted octanol–water partition coefficient (Wildman–Crippen LogP) is 6.03. The lowest BCUT2D eigenvalue weighted by molar-refractivity contribution is -0.104. The summed E-state index contributed by atoms with van der Waals surface area (Å²) in [6.45, 7) is 6.35. The van der Waals surface area contributed by atoms with E-state index in [1.165, 1.54) is 29.1 Å². The number of carbonyl (C=O) groups is 1. The summed E-state index contributed by atoms with van der Waals surface area (Å²) in [4.78, 5) is 10.9. The third-order valence-corrected chi connectivity index (χ3v) is 8.40. The van der Waals surface area contributed by atoms with Gasteiger partial charge in [-0.2, -0.15) is 0 Å². The largest absolute Gasteiger partial charge is 0.299 e. The van der Waals surface area contributed by atoms with Crippen LogP contribution in [0.3, 0.4) is 0 Å². The van der Waals surface area contributed by atoms with E-state index in [9.17, 15) is 9.18 Å². The molecular formula is C21H25FOS2. The lowest BCUT2D eigenvalue weighted by Gasteiger charge is -2.47. The molecule has 1 heterocycles. The van der Waals surface area contributed by atoms with E-state index in [1.54, 1.807) is 12.1 Å². The van der Waals surface area contributed by atoms with Crippen LogP contribution in [0, 0.1) is 18.2 Å². The maximum absolute atomic E-state index is 13.8. The van der Waals surface area contributed by atoms with Crippen molar-refractivity contribution in [2.24, 2.45) is 5.41 Å². The van der Waals surface area contributed by atoms with E-state index < -0.39 is 0 Å². The molecule has 1 aromatic carbocycles. The molecule has 0 saturated carbocycles. The second-order valence-electron chi connectivity index (χ2n) is 7.55. The SMILES string of the molecule is Cc1cc(C2=C(/C=C/C=O)C(C)(C)CC3(C2)SCCCS3)ccc1F. The Morgan fingerprint density at radius 2 is 1.92 bits per heavy atom. The molecule has 0 radical (unpaired) electrons. The molecule has 4 heteroatoms. The number of aldehydes is 1. The summed E-state index contributed by atoms with van der Waals surface area (Å²) in [5, 5.41) is 0. The minimum atomic E-state index is -0.166. The number of rotatable bonds is 3. The fourth-order valence-electron chi connectivity index (χ4n) is 3.98. The van der Waals surface area contributed by atoms with Gasteiger partial charge in [0, 0.05) is 0 Å². The molecule has 1 spiro atoms. The van der Waals surface area contributed by atoms with Crippen LogP contribution in [0.2, 0.25) is 0 Å². The van der Waals surface area contributed by atoms with Crippen molar-refractivity contribution in [1.29, 1.82) is 0 Å². The monoisotopic (exact) mass is 376 g/mol. The highest BCUT2D eigenvalue weighted by atomic mass is 32.2. The first kappa shape index (κ1) is 18.8. The minimum absolute atomic E-state index is 0.0211. The number of hydrogen-bond acceptors (Lipinski definition) is 3. The van der Waals surface area contributed by atoms with Gasteiger partial charge in [0.1, 0.15) is 12.1 Å². The Balaban J connectivity index is 2.14. The van der Waals surface area contributed by atoms with Crippen molar-refractivity contribution < 1.29 is 9.18 Å². The molecule has 1 saturated heterocycles. The van der Waals surface area contributed by atoms with E-state index in [0.717, 1.165) is 24.7 Å². The van der Waals surface area contributed by atoms with Crippen LogP contribution in [0.4, 0.5) is 4.39 Å². The molecule has 0 amide bonds. The average molecular weight is 377 g/mol. The van der Waals surface area contributed by atoms with Gasteiger partial charge in [-0.3, -0.25) is 4.79 Å². The molecule has 1 aliphatic heterocycles. The highest BCUT2D eigenvalue weighted by Gasteiger charge is 2.45. The molecule has 0 bridgehead atoms. The van der Waals surface area contributed by atoms with E-state index in [1.807, 2.05) is 25.1 Å². The van der Waals surface area contributed by atoms with E-state index in [0.29, 0.717) is 5.56 Å². The zero-order valence-electron chi connectivity index (χ0n) is 15.1. The molecule has 1 aromatic rings. The summed E-state index contributed by atoms with van der Waals surface area (Å²) in [6.07, 6.45) is 7.72. The van der Waals surface area contributed by atoms with Gasteiger partial charge in [-0.25, -0.2) is 4.39 Å². The van der Waals surface area contributed by atoms with Crippen LogP contribution in [-0.4, -0.2) is 21.9 Å². The number of halogens is 1. The standard InChI is InChI=1S/C21H25FOS2/c1-15-12-16(7-8-19(15)22)17-13-21(24-10-5-11-25-21)14-20(2,3)18(17)6-4-9-23/h4,6-9,12H,5,10-11,13-14H2,1-3H3/b6-4+. The number of aryl methyl sites for hydroxylation is 1. The van der Waals surface area contributed by atoms with Crippen molar-refractivity contribution in [2.75, 3.05) is 11.5 Å². The molecule has 0 atom stereocenters. The fourth-order valence-corrected chi connectivity index (χ4v) is 7.73. The third kappa shape index (κ3) is 3.90. The summed E-state index contributed by atoms with van der Waals surface area (Å²) in [5.41, 5.74) is 4.21. The lowest BCUT2D eigenvalue weighted by Crippen LogP contribution is -2.37. The molecule has 0 aromatic heterocycles. The van der Waals surface area contributed by atoms with Gasteiger partial charge in [0.05, 0.1) is 4.08 Å². The maximum atomic E-state index is 13.8. The topological polar surface area (TPSA) is 17.1 Å². The van der Waals surface area contributed by atoms with Gasteiger partial charge in [0.2, 0.25) is 0 Å². The Morgan fingerprint density at radius 1 is 1.20 bits per heavy atom. The first-order valence-corrected chi connectivity index (χ1v) is 10.7. The highest BCUT2D eigenvalue weighted by Crippen LogP contribution is 2.59. The zero-order chi connectivity index (χ0) is 18.1. The average Bonchev–Trinajstić information content (AvgIpc) is 2.56. The number of allylic oxidation sites excluding steroid dienone is 4. The number of benzene rings is 1. The molecule has 25 heavy (non-hydrogen) atoms. The van der Waals surface area contributed by atoms with Crippen LogP contribution >= 0.6 is 23.5 Å². The Kier molecular flexibility index (Phi) is 5.50. The molecule has 0 N–H and O–H groups in total. The Bertz CT molecular complexity index is 727. The van der Waals surface area contributed by atoms with Gasteiger partial charge in [-0.15, -0.1) is 23.5 Å². The van der Waals surface area contributed by atoms with Crippen LogP contribution < -0.4 is 0 Å². The summed E-state index contributed by atoms with van der Waals surface area (Å²) in [7, 11) is 0. The van der Waals surface area contributed by atoms with Crippen LogP contribution in [0.15, 0.2) is 35.9 Å². The van der Waals surface area contributed by atoms with Gasteiger partial charge in [0.25, 0.3) is 0 Å². The van der Waals surface area contributed by atoms with Crippen LogP contribution in [0.1, 0.15) is 44.2 Å². The Morgan fingerprint density at radius 3 is 2.56 bits per heavy atom. The molecule has 134 valence electrons. The zero-order valence-corrected chi connectivity index (χ0v) is 16.7. The van der Waals surface area contributed by atoms with Gasteiger partial charge in [-0.1, -0.05) is 26.0 Å². The first-order chi connectivity index (χ1) is 11.9. The molecule has 0 unspecified atom stereocenters. The quantitative estimate of drug-likeness (QED) is 0.474. The summed E-state index contributed by atoms with van der Waals surface area (Å²) >= 11 is 4.16. The van der Waals surface area contributed by atoms with E-state index in [4.69, 9.17) is 0 Å². The third-order valence-electron chi connectivity index (χ3n) is 5.08. The van der Waals surface area contributed by atoms with E-state index >= 15 is 0 Å². The van der Waals surface area contributed by atoms with Crippen LogP contribution in [-0.2, 0) is 4.79 Å². The molecular weight excluding hydrogens is 351 g/mol. The molecule has 3 rings (SSSR count). The summed E-state index contributed by atoms with van der Waals surface area (Å²) < 4.78 is 14.0. The minimum Gasteiger partial charge on any atom is -0.299 e. The normalized spacial score (nSPS) is 22.6. The molecule has 1 aliphatic carbocycles. The van der Waals surface area contributed by atoms with Crippen molar-refractivity contribution >= 4 is 35.4 Å². The second-order valence-corrected chi connectivity index (χ2v) is 10.8. The van der Waals surface area contributed by atoms with E-state index in [2.05, 4.69) is 37.4 Å². The molecule has 1 fully saturated rings. The van der Waals surface area contributed by atoms with Gasteiger partial charge < -0.3 is 0 Å². The van der Waals surface area contributed by atoms with Crippen molar-refractivity contribution in [2.45, 2.75) is 44.1 Å². The van der Waals surface area contributed by atoms with E-state index in [-0.39, 0.29) is 15.3 Å². The first-order valence-electron chi connectivity index (χ1n) is 8.77. The van der Waals surface area contributed by atoms with Gasteiger partial charge >= 0.3 is 0 Å². The van der Waals surface area contributed by atoms with Gasteiger partial charge in [-0.05, 0) is 83.6 Å². The van der Waals surface area contributed by atoms with Crippen molar-refractivity contribution in [1.82, 2.24) is 0 Å². The maximum Gasteiger partial charge on any atom is 0.142 e. The fraction of sp³-hybridized carbons (Fsp3) is 0.476. The number of carbonyl (C=O) groups excluding carboxylic acids is 1. The molecule has 1 nitrogen and oxygen atoms in total. The lowest BCUT2D eigenvalue weighted by atomic mass is 9.70. The van der Waals surface area contributed by atoms with Crippen molar-refractivity contribution in [3.8, 4) is 0 Å². The van der Waals surface area contributed by atoms with Crippen LogP contribution in [0.25, 0.3) is 5.57 Å². The smallest absolute Gasteiger partial charge is 0.142 e. The highest BCUT2D eigenvalue weighted by molar-refractivity contribution is 8.18. The van der Waals surface area contributed by atoms with Gasteiger partial charge in [0.15, 0.2) is 0 Å². The van der Waals surface area contributed by atoms with Crippen molar-refractivity contribution in [3.63, 3.8) is 0 Å². The van der Waals surface area contributed by atoms with Crippen molar-refractivity contribution in [3.05, 3.63) is 52.9 Å². The predicted molar refractivity (Wildman–Crippen MR) is 109 cm³/mol.